The van der Waals surface area contributed by atoms with Crippen LogP contribution in [0.1, 0.15) is 16.1 Å². The van der Waals surface area contributed by atoms with Crippen molar-refractivity contribution in [1.82, 2.24) is 10.4 Å². The molecular formula is C22H17N3O. The Hall–Kier alpha value is -3.66. The molecule has 0 saturated heterocycles. The Balaban J connectivity index is 1.69. The van der Waals surface area contributed by atoms with Gasteiger partial charge in [0.25, 0.3) is 5.91 Å². The van der Waals surface area contributed by atoms with E-state index in [9.17, 15) is 4.79 Å². The summed E-state index contributed by atoms with van der Waals surface area (Å²) in [6.07, 6.45) is 1.63. The molecule has 3 aromatic carbocycles. The minimum Gasteiger partial charge on any atom is -0.350 e. The maximum Gasteiger partial charge on any atom is 0.288 e. The predicted molar refractivity (Wildman–Crippen MR) is 105 cm³/mol. The molecular weight excluding hydrogens is 322 g/mol. The summed E-state index contributed by atoms with van der Waals surface area (Å²) in [6, 6.07) is 27.4. The predicted octanol–water partition coefficient (Wildman–Crippen LogP) is 4.60. The summed E-state index contributed by atoms with van der Waals surface area (Å²) in [7, 11) is 0. The number of aromatic nitrogens is 1. The van der Waals surface area contributed by atoms with Gasteiger partial charge < -0.3 is 4.98 Å². The number of nitrogens with one attached hydrogen (secondary N) is 2. The lowest BCUT2D eigenvalue weighted by Crippen LogP contribution is -2.18. The summed E-state index contributed by atoms with van der Waals surface area (Å²) in [6.45, 7) is 0. The Morgan fingerprint density at radius 1 is 0.846 bits per heavy atom. The van der Waals surface area contributed by atoms with E-state index < -0.39 is 0 Å². The molecule has 0 atom stereocenters. The molecule has 0 unspecified atom stereocenters. The van der Waals surface area contributed by atoms with Gasteiger partial charge in [-0.1, -0.05) is 78.9 Å². The molecule has 0 bridgehead atoms. The minimum absolute atomic E-state index is 0.271. The number of hydrogen-bond acceptors (Lipinski definition) is 2. The van der Waals surface area contributed by atoms with Crippen molar-refractivity contribution in [3.63, 3.8) is 0 Å². The highest BCUT2D eigenvalue weighted by atomic mass is 16.2. The van der Waals surface area contributed by atoms with Crippen LogP contribution in [0.2, 0.25) is 0 Å². The van der Waals surface area contributed by atoms with Crippen LogP contribution in [-0.2, 0) is 0 Å². The quantitative estimate of drug-likeness (QED) is 0.414. The first-order valence-electron chi connectivity index (χ1n) is 8.37. The second-order valence-electron chi connectivity index (χ2n) is 5.90. The highest BCUT2D eigenvalue weighted by molar-refractivity contribution is 6.09. The van der Waals surface area contributed by atoms with Gasteiger partial charge in [0.2, 0.25) is 0 Å². The summed E-state index contributed by atoms with van der Waals surface area (Å²) in [5, 5.41) is 5.09. The third kappa shape index (κ3) is 3.13. The molecule has 2 N–H and O–H groups in total. The molecule has 26 heavy (non-hydrogen) atoms. The lowest BCUT2D eigenvalue weighted by molar-refractivity contribution is 0.0951. The van der Waals surface area contributed by atoms with Crippen LogP contribution in [0.5, 0.6) is 0 Å². The zero-order valence-corrected chi connectivity index (χ0v) is 14.0. The molecule has 0 saturated carbocycles. The summed E-state index contributed by atoms with van der Waals surface area (Å²) < 4.78 is 0. The van der Waals surface area contributed by atoms with E-state index >= 15 is 0 Å². The smallest absolute Gasteiger partial charge is 0.288 e. The Kier molecular flexibility index (Phi) is 4.31. The number of aromatic amines is 1. The number of hydrogen-bond donors (Lipinski definition) is 2. The SMILES string of the molecule is O=C(NN=Cc1ccccc1)c1[nH]c2ccccc2c1-c1ccccc1. The summed E-state index contributed by atoms with van der Waals surface area (Å²) in [5.41, 5.74) is 6.84. The van der Waals surface area contributed by atoms with Gasteiger partial charge in [0.15, 0.2) is 0 Å². The van der Waals surface area contributed by atoms with E-state index in [2.05, 4.69) is 15.5 Å². The fourth-order valence-corrected chi connectivity index (χ4v) is 2.98. The van der Waals surface area contributed by atoms with Crippen LogP contribution in [0.25, 0.3) is 22.0 Å². The van der Waals surface area contributed by atoms with Gasteiger partial charge in [-0.05, 0) is 17.2 Å². The summed E-state index contributed by atoms with van der Waals surface area (Å²) in [5.74, 6) is -0.271. The van der Waals surface area contributed by atoms with Crippen LogP contribution in [0.3, 0.4) is 0 Å². The Labute approximate surface area is 151 Å². The highest BCUT2D eigenvalue weighted by Crippen LogP contribution is 2.32. The van der Waals surface area contributed by atoms with Crippen molar-refractivity contribution in [3.05, 3.63) is 96.2 Å². The number of amides is 1. The van der Waals surface area contributed by atoms with Gasteiger partial charge in [0.1, 0.15) is 5.69 Å². The first-order chi connectivity index (χ1) is 12.8. The normalized spacial score (nSPS) is 11.1. The monoisotopic (exact) mass is 339 g/mol. The number of benzene rings is 3. The van der Waals surface area contributed by atoms with E-state index in [1.807, 2.05) is 84.9 Å². The van der Waals surface area contributed by atoms with E-state index in [0.29, 0.717) is 5.69 Å². The molecule has 4 rings (SSSR count). The zero-order chi connectivity index (χ0) is 17.8. The van der Waals surface area contributed by atoms with Crippen molar-refractivity contribution in [3.8, 4) is 11.1 Å². The second kappa shape index (κ2) is 7.07. The van der Waals surface area contributed by atoms with Crippen LogP contribution < -0.4 is 5.43 Å². The van der Waals surface area contributed by atoms with Crippen LogP contribution in [0.15, 0.2) is 90.0 Å². The van der Waals surface area contributed by atoms with Crippen LogP contribution in [0.4, 0.5) is 0 Å². The fraction of sp³-hybridized carbons (Fsp3) is 0. The number of rotatable bonds is 4. The van der Waals surface area contributed by atoms with Crippen molar-refractivity contribution in [2.24, 2.45) is 5.10 Å². The van der Waals surface area contributed by atoms with Crippen molar-refractivity contribution >= 4 is 23.0 Å². The fourth-order valence-electron chi connectivity index (χ4n) is 2.98. The zero-order valence-electron chi connectivity index (χ0n) is 14.0. The summed E-state index contributed by atoms with van der Waals surface area (Å²) >= 11 is 0. The average molecular weight is 339 g/mol. The van der Waals surface area contributed by atoms with Crippen LogP contribution in [-0.4, -0.2) is 17.1 Å². The molecule has 4 nitrogen and oxygen atoms in total. The van der Waals surface area contributed by atoms with E-state index in [1.165, 1.54) is 0 Å². The van der Waals surface area contributed by atoms with Crippen LogP contribution >= 0.6 is 0 Å². The third-order valence-corrected chi connectivity index (χ3v) is 4.17. The molecule has 4 heteroatoms. The van der Waals surface area contributed by atoms with Crippen molar-refractivity contribution in [2.75, 3.05) is 0 Å². The van der Waals surface area contributed by atoms with Gasteiger partial charge in [0.05, 0.1) is 6.21 Å². The number of hydrazone groups is 1. The lowest BCUT2D eigenvalue weighted by Gasteiger charge is -2.04. The van der Waals surface area contributed by atoms with Gasteiger partial charge in [-0.15, -0.1) is 0 Å². The van der Waals surface area contributed by atoms with Gasteiger partial charge in [-0.25, -0.2) is 5.43 Å². The van der Waals surface area contributed by atoms with Gasteiger partial charge in [-0.2, -0.15) is 5.10 Å². The van der Waals surface area contributed by atoms with Gasteiger partial charge >= 0.3 is 0 Å². The third-order valence-electron chi connectivity index (χ3n) is 4.17. The van der Waals surface area contributed by atoms with E-state index in [0.717, 1.165) is 27.6 Å². The average Bonchev–Trinajstić information content (AvgIpc) is 3.09. The number of nitrogens with zero attached hydrogens (tertiary/aromatic N) is 1. The maximum atomic E-state index is 12.7. The first kappa shape index (κ1) is 15.8. The number of fused-ring (bicyclic) bond motifs is 1. The molecule has 0 aliphatic rings. The van der Waals surface area contributed by atoms with Gasteiger partial charge in [-0.3, -0.25) is 4.79 Å². The molecule has 1 aromatic heterocycles. The molecule has 1 amide bonds. The minimum atomic E-state index is -0.271. The van der Waals surface area contributed by atoms with Crippen molar-refractivity contribution in [2.45, 2.75) is 0 Å². The molecule has 0 radical (unpaired) electrons. The van der Waals surface area contributed by atoms with Gasteiger partial charge in [0, 0.05) is 16.5 Å². The molecule has 126 valence electrons. The molecule has 4 aromatic rings. The van der Waals surface area contributed by atoms with Crippen molar-refractivity contribution < 1.29 is 4.79 Å². The summed E-state index contributed by atoms with van der Waals surface area (Å²) in [4.78, 5) is 16.0. The molecule has 0 spiro atoms. The number of para-hydroxylation sites is 1. The first-order valence-corrected chi connectivity index (χ1v) is 8.37. The van der Waals surface area contributed by atoms with Crippen molar-refractivity contribution in [1.29, 1.82) is 0 Å². The largest absolute Gasteiger partial charge is 0.350 e. The standard InChI is InChI=1S/C22H17N3O/c26-22(25-23-15-16-9-3-1-4-10-16)21-20(17-11-5-2-6-12-17)18-13-7-8-14-19(18)24-21/h1-15,24H,(H,25,26). The van der Waals surface area contributed by atoms with E-state index in [1.54, 1.807) is 6.21 Å². The molecule has 1 heterocycles. The Bertz CT molecular complexity index is 1070. The topological polar surface area (TPSA) is 57.2 Å². The number of carbonyl (C=O) groups is 1. The molecule has 0 aliphatic heterocycles. The highest BCUT2D eigenvalue weighted by Gasteiger charge is 2.18. The Morgan fingerprint density at radius 2 is 1.50 bits per heavy atom. The maximum absolute atomic E-state index is 12.7. The molecule has 0 aliphatic carbocycles. The van der Waals surface area contributed by atoms with E-state index in [4.69, 9.17) is 0 Å². The van der Waals surface area contributed by atoms with E-state index in [-0.39, 0.29) is 5.91 Å². The lowest BCUT2D eigenvalue weighted by atomic mass is 10.0. The van der Waals surface area contributed by atoms with Crippen LogP contribution in [0, 0.1) is 0 Å². The second-order valence-corrected chi connectivity index (χ2v) is 5.90. The number of carbonyl (C=O) groups excluding carboxylic acids is 1. The number of H-pyrrole nitrogens is 1. The Morgan fingerprint density at radius 3 is 2.27 bits per heavy atom. The molecule has 0 fully saturated rings.